The fourth-order valence-corrected chi connectivity index (χ4v) is 2.57. The largest absolute Gasteiger partial charge is 0.475 e. The smallest absolute Gasteiger partial charge is 0.371 e. The van der Waals surface area contributed by atoms with Crippen molar-refractivity contribution in [1.29, 1.82) is 0 Å². The van der Waals surface area contributed by atoms with Crippen LogP contribution in [0.2, 0.25) is 0 Å². The van der Waals surface area contributed by atoms with Crippen molar-refractivity contribution in [3.8, 4) is 0 Å². The number of benzene rings is 1. The molecule has 0 saturated heterocycles. The standard InChI is InChI=1S/C14H11FO4/c15-10-3-1-2-9-8(10)6-7-14(9,18)12-5-4-11(19-12)13(16)17/h1-5,18H,6-7H2,(H,16,17). The van der Waals surface area contributed by atoms with Crippen molar-refractivity contribution in [3.05, 3.63) is 58.8 Å². The molecule has 3 rings (SSSR count). The van der Waals surface area contributed by atoms with Crippen LogP contribution in [0.25, 0.3) is 0 Å². The van der Waals surface area contributed by atoms with Crippen LogP contribution in [-0.4, -0.2) is 16.2 Å². The molecular weight excluding hydrogens is 251 g/mol. The van der Waals surface area contributed by atoms with Crippen LogP contribution in [0, 0.1) is 5.82 Å². The Hall–Kier alpha value is -2.14. The van der Waals surface area contributed by atoms with Gasteiger partial charge in [-0.25, -0.2) is 9.18 Å². The number of carboxylic acid groups (broad SMARTS) is 1. The molecule has 1 unspecified atom stereocenters. The van der Waals surface area contributed by atoms with Crippen molar-refractivity contribution in [2.45, 2.75) is 18.4 Å². The predicted molar refractivity (Wildman–Crippen MR) is 63.4 cm³/mol. The number of rotatable bonds is 2. The van der Waals surface area contributed by atoms with Gasteiger partial charge in [0.05, 0.1) is 0 Å². The lowest BCUT2D eigenvalue weighted by Gasteiger charge is -2.21. The maximum absolute atomic E-state index is 13.6. The van der Waals surface area contributed by atoms with Crippen LogP contribution in [0.1, 0.15) is 33.9 Å². The maximum Gasteiger partial charge on any atom is 0.371 e. The van der Waals surface area contributed by atoms with Gasteiger partial charge in [0.25, 0.3) is 0 Å². The molecule has 1 aliphatic rings. The summed E-state index contributed by atoms with van der Waals surface area (Å²) in [5.41, 5.74) is -0.553. The van der Waals surface area contributed by atoms with Gasteiger partial charge in [0, 0.05) is 0 Å². The van der Waals surface area contributed by atoms with Crippen molar-refractivity contribution in [1.82, 2.24) is 0 Å². The minimum atomic E-state index is -1.45. The Morgan fingerprint density at radius 2 is 2.11 bits per heavy atom. The molecule has 4 nitrogen and oxygen atoms in total. The third-order valence-corrected chi connectivity index (χ3v) is 3.53. The van der Waals surface area contributed by atoms with Crippen LogP contribution >= 0.6 is 0 Å². The second kappa shape index (κ2) is 3.93. The molecule has 2 aromatic rings. The summed E-state index contributed by atoms with van der Waals surface area (Å²) >= 11 is 0. The molecule has 1 aliphatic carbocycles. The van der Waals surface area contributed by atoms with Gasteiger partial charge in [-0.2, -0.15) is 0 Å². The average molecular weight is 262 g/mol. The predicted octanol–water partition coefficient (Wildman–Crippen LogP) is 2.30. The number of fused-ring (bicyclic) bond motifs is 1. The van der Waals surface area contributed by atoms with Crippen LogP contribution < -0.4 is 0 Å². The van der Waals surface area contributed by atoms with Gasteiger partial charge in [0.15, 0.2) is 0 Å². The Bertz CT molecular complexity index is 661. The van der Waals surface area contributed by atoms with Crippen LogP contribution in [-0.2, 0) is 12.0 Å². The summed E-state index contributed by atoms with van der Waals surface area (Å²) in [6, 6.07) is 7.20. The first kappa shape index (κ1) is 11.9. The number of aromatic carboxylic acids is 1. The fourth-order valence-electron chi connectivity index (χ4n) is 2.57. The van der Waals surface area contributed by atoms with Gasteiger partial charge in [0.2, 0.25) is 5.76 Å². The summed E-state index contributed by atoms with van der Waals surface area (Å²) in [6.45, 7) is 0. The summed E-state index contributed by atoms with van der Waals surface area (Å²) in [5, 5.41) is 19.5. The van der Waals surface area contributed by atoms with Gasteiger partial charge in [-0.15, -0.1) is 0 Å². The first-order chi connectivity index (χ1) is 9.02. The second-order valence-electron chi connectivity index (χ2n) is 4.60. The average Bonchev–Trinajstić information content (AvgIpc) is 2.97. The lowest BCUT2D eigenvalue weighted by Crippen LogP contribution is -2.23. The van der Waals surface area contributed by atoms with E-state index in [2.05, 4.69) is 0 Å². The molecule has 5 heteroatoms. The Kier molecular flexibility index (Phi) is 2.46. The first-order valence-electron chi connectivity index (χ1n) is 5.86. The van der Waals surface area contributed by atoms with Gasteiger partial charge >= 0.3 is 5.97 Å². The minimum Gasteiger partial charge on any atom is -0.475 e. The molecule has 1 heterocycles. The summed E-state index contributed by atoms with van der Waals surface area (Å²) < 4.78 is 18.8. The lowest BCUT2D eigenvalue weighted by atomic mass is 9.93. The molecule has 1 atom stereocenters. The fraction of sp³-hybridized carbons (Fsp3) is 0.214. The Balaban J connectivity index is 2.11. The van der Waals surface area contributed by atoms with Crippen LogP contribution in [0.15, 0.2) is 34.7 Å². The van der Waals surface area contributed by atoms with Gasteiger partial charge in [-0.05, 0) is 42.2 Å². The zero-order valence-electron chi connectivity index (χ0n) is 9.89. The number of hydrogen-bond donors (Lipinski definition) is 2. The molecule has 0 radical (unpaired) electrons. The molecule has 0 bridgehead atoms. The van der Waals surface area contributed by atoms with E-state index in [-0.39, 0.29) is 23.8 Å². The molecular formula is C14H11FO4. The van der Waals surface area contributed by atoms with Crippen molar-refractivity contribution in [3.63, 3.8) is 0 Å². The van der Waals surface area contributed by atoms with E-state index >= 15 is 0 Å². The van der Waals surface area contributed by atoms with Crippen molar-refractivity contribution in [2.75, 3.05) is 0 Å². The zero-order valence-corrected chi connectivity index (χ0v) is 9.89. The normalized spacial score (nSPS) is 21.4. The molecule has 0 amide bonds. The third-order valence-electron chi connectivity index (χ3n) is 3.53. The van der Waals surface area contributed by atoms with E-state index in [1.807, 2.05) is 0 Å². The van der Waals surface area contributed by atoms with E-state index in [1.54, 1.807) is 6.07 Å². The number of hydrogen-bond acceptors (Lipinski definition) is 3. The Labute approximate surface area is 108 Å². The lowest BCUT2D eigenvalue weighted by molar-refractivity contribution is 0.0518. The van der Waals surface area contributed by atoms with E-state index in [4.69, 9.17) is 9.52 Å². The van der Waals surface area contributed by atoms with Crippen LogP contribution in [0.5, 0.6) is 0 Å². The van der Waals surface area contributed by atoms with E-state index < -0.39 is 11.6 Å². The highest BCUT2D eigenvalue weighted by atomic mass is 19.1. The zero-order chi connectivity index (χ0) is 13.6. The molecule has 0 aliphatic heterocycles. The van der Waals surface area contributed by atoms with Gasteiger partial charge in [-0.3, -0.25) is 0 Å². The highest BCUT2D eigenvalue weighted by Crippen LogP contribution is 2.43. The Morgan fingerprint density at radius 1 is 1.32 bits per heavy atom. The summed E-state index contributed by atoms with van der Waals surface area (Å²) in [4.78, 5) is 10.8. The quantitative estimate of drug-likeness (QED) is 0.871. The highest BCUT2D eigenvalue weighted by Gasteiger charge is 2.42. The molecule has 0 saturated carbocycles. The number of aliphatic hydroxyl groups is 1. The SMILES string of the molecule is O=C(O)c1ccc(C2(O)CCc3c(F)cccc32)o1. The molecule has 2 N–H and O–H groups in total. The van der Waals surface area contributed by atoms with E-state index in [0.29, 0.717) is 17.5 Å². The number of carboxylic acids is 1. The topological polar surface area (TPSA) is 70.7 Å². The summed E-state index contributed by atoms with van der Waals surface area (Å²) in [5.74, 6) is -1.67. The molecule has 98 valence electrons. The van der Waals surface area contributed by atoms with Crippen molar-refractivity contribution in [2.24, 2.45) is 0 Å². The van der Waals surface area contributed by atoms with E-state index in [9.17, 15) is 14.3 Å². The molecule has 0 spiro atoms. The third kappa shape index (κ3) is 1.66. The van der Waals surface area contributed by atoms with Gasteiger partial charge in [0.1, 0.15) is 17.2 Å². The Morgan fingerprint density at radius 3 is 2.79 bits per heavy atom. The van der Waals surface area contributed by atoms with E-state index in [0.717, 1.165) is 0 Å². The second-order valence-corrected chi connectivity index (χ2v) is 4.60. The van der Waals surface area contributed by atoms with Crippen LogP contribution in [0.4, 0.5) is 4.39 Å². The molecule has 0 fully saturated rings. The van der Waals surface area contributed by atoms with Crippen molar-refractivity contribution >= 4 is 5.97 Å². The minimum absolute atomic E-state index is 0.134. The maximum atomic E-state index is 13.6. The van der Waals surface area contributed by atoms with Gasteiger partial charge < -0.3 is 14.6 Å². The highest BCUT2D eigenvalue weighted by molar-refractivity contribution is 5.84. The molecule has 1 aromatic carbocycles. The van der Waals surface area contributed by atoms with Crippen molar-refractivity contribution < 1.29 is 23.8 Å². The first-order valence-corrected chi connectivity index (χ1v) is 5.86. The van der Waals surface area contributed by atoms with E-state index in [1.165, 1.54) is 24.3 Å². The summed E-state index contributed by atoms with van der Waals surface area (Å²) in [7, 11) is 0. The molecule has 1 aromatic heterocycles. The number of furan rings is 1. The van der Waals surface area contributed by atoms with Gasteiger partial charge in [-0.1, -0.05) is 12.1 Å². The number of carbonyl (C=O) groups is 1. The number of halogens is 1. The molecule has 19 heavy (non-hydrogen) atoms. The summed E-state index contributed by atoms with van der Waals surface area (Å²) in [6.07, 6.45) is 0.664. The monoisotopic (exact) mass is 262 g/mol. The van der Waals surface area contributed by atoms with Crippen LogP contribution in [0.3, 0.4) is 0 Å².